The predicted molar refractivity (Wildman–Crippen MR) is 116 cm³/mol. The van der Waals surface area contributed by atoms with Gasteiger partial charge in [-0.15, -0.1) is 11.3 Å². The predicted octanol–water partition coefficient (Wildman–Crippen LogP) is 4.05. The Bertz CT molecular complexity index is 1120. The highest BCUT2D eigenvalue weighted by Gasteiger charge is 2.25. The molecular formula is C22H24N4O2S. The molecule has 3 aromatic rings. The fourth-order valence-corrected chi connectivity index (χ4v) is 5.21. The Morgan fingerprint density at radius 2 is 1.76 bits per heavy atom. The number of hydrogen-bond donors (Lipinski definition) is 2. The van der Waals surface area contributed by atoms with Crippen LogP contribution in [0.2, 0.25) is 0 Å². The molecule has 1 aromatic carbocycles. The second-order valence-corrected chi connectivity index (χ2v) is 8.37. The second-order valence-electron chi connectivity index (χ2n) is 7.26. The minimum Gasteiger partial charge on any atom is -0.365 e. The van der Waals surface area contributed by atoms with Crippen molar-refractivity contribution in [2.24, 2.45) is 5.73 Å². The molecule has 0 radical (unpaired) electrons. The summed E-state index contributed by atoms with van der Waals surface area (Å²) in [6.07, 6.45) is 5.53. The van der Waals surface area contributed by atoms with E-state index in [0.29, 0.717) is 21.6 Å². The van der Waals surface area contributed by atoms with Gasteiger partial charge in [-0.2, -0.15) is 0 Å². The van der Waals surface area contributed by atoms with Crippen molar-refractivity contribution in [3.05, 3.63) is 51.2 Å². The number of primary amides is 1. The molecule has 0 fully saturated rings. The lowest BCUT2D eigenvalue weighted by Gasteiger charge is -2.11. The molecule has 0 aliphatic heterocycles. The number of nitrogens with one attached hydrogen (secondary N) is 1. The van der Waals surface area contributed by atoms with E-state index >= 15 is 0 Å². The van der Waals surface area contributed by atoms with Gasteiger partial charge >= 0.3 is 0 Å². The van der Waals surface area contributed by atoms with Gasteiger partial charge in [0.1, 0.15) is 5.00 Å². The van der Waals surface area contributed by atoms with Crippen molar-refractivity contribution >= 4 is 39.2 Å². The molecule has 2 heterocycles. The van der Waals surface area contributed by atoms with Gasteiger partial charge in [0.25, 0.3) is 11.8 Å². The molecule has 29 heavy (non-hydrogen) atoms. The Hall–Kier alpha value is -2.80. The summed E-state index contributed by atoms with van der Waals surface area (Å²) >= 11 is 1.47. The van der Waals surface area contributed by atoms with Gasteiger partial charge in [0.2, 0.25) is 0 Å². The van der Waals surface area contributed by atoms with Gasteiger partial charge in [0.15, 0.2) is 0 Å². The number of carbonyl (C=O) groups excluding carboxylic acids is 2. The number of aromatic nitrogens is 2. The molecule has 150 valence electrons. The number of amides is 2. The molecule has 2 aromatic heterocycles. The van der Waals surface area contributed by atoms with Gasteiger partial charge in [-0.25, -0.2) is 9.97 Å². The van der Waals surface area contributed by atoms with Crippen molar-refractivity contribution in [1.82, 2.24) is 9.97 Å². The van der Waals surface area contributed by atoms with Crippen LogP contribution in [-0.4, -0.2) is 21.8 Å². The van der Waals surface area contributed by atoms with E-state index in [1.54, 1.807) is 12.1 Å². The van der Waals surface area contributed by atoms with E-state index in [2.05, 4.69) is 24.1 Å². The van der Waals surface area contributed by atoms with Crippen LogP contribution in [0.25, 0.3) is 11.0 Å². The maximum Gasteiger partial charge on any atom is 0.256 e. The molecule has 0 spiro atoms. The number of carbonyl (C=O) groups is 2. The van der Waals surface area contributed by atoms with Crippen LogP contribution in [-0.2, 0) is 25.7 Å². The quantitative estimate of drug-likeness (QED) is 0.665. The van der Waals surface area contributed by atoms with Gasteiger partial charge in [0.05, 0.1) is 28.0 Å². The Labute approximate surface area is 173 Å². The van der Waals surface area contributed by atoms with E-state index in [9.17, 15) is 9.59 Å². The largest absolute Gasteiger partial charge is 0.365 e. The van der Waals surface area contributed by atoms with Crippen LogP contribution in [0.5, 0.6) is 0 Å². The van der Waals surface area contributed by atoms with Crippen molar-refractivity contribution in [2.75, 3.05) is 5.32 Å². The highest BCUT2D eigenvalue weighted by molar-refractivity contribution is 7.17. The molecule has 0 saturated carbocycles. The molecule has 6 nitrogen and oxygen atoms in total. The molecule has 7 heteroatoms. The Morgan fingerprint density at radius 1 is 1.07 bits per heavy atom. The molecular weight excluding hydrogens is 384 g/mol. The minimum atomic E-state index is -0.483. The summed E-state index contributed by atoms with van der Waals surface area (Å²) in [5.41, 5.74) is 11.0. The lowest BCUT2D eigenvalue weighted by atomic mass is 9.95. The molecule has 1 aliphatic rings. The number of rotatable bonds is 5. The van der Waals surface area contributed by atoms with Gasteiger partial charge in [-0.3, -0.25) is 9.59 Å². The van der Waals surface area contributed by atoms with Crippen LogP contribution in [0.15, 0.2) is 18.2 Å². The van der Waals surface area contributed by atoms with E-state index in [0.717, 1.165) is 65.9 Å². The highest BCUT2D eigenvalue weighted by Crippen LogP contribution is 2.38. The van der Waals surface area contributed by atoms with E-state index in [-0.39, 0.29) is 5.91 Å². The first-order valence-electron chi connectivity index (χ1n) is 10.1. The lowest BCUT2D eigenvalue weighted by Crippen LogP contribution is -2.18. The maximum atomic E-state index is 12.9. The van der Waals surface area contributed by atoms with Crippen LogP contribution in [0.3, 0.4) is 0 Å². The fraction of sp³-hybridized carbons (Fsp3) is 0.364. The summed E-state index contributed by atoms with van der Waals surface area (Å²) in [7, 11) is 0. The smallest absolute Gasteiger partial charge is 0.256 e. The monoisotopic (exact) mass is 408 g/mol. The summed E-state index contributed by atoms with van der Waals surface area (Å²) in [6.45, 7) is 4.11. The van der Waals surface area contributed by atoms with Crippen molar-refractivity contribution in [1.29, 1.82) is 0 Å². The Balaban J connectivity index is 1.68. The zero-order chi connectivity index (χ0) is 20.5. The van der Waals surface area contributed by atoms with Crippen molar-refractivity contribution in [3.63, 3.8) is 0 Å². The summed E-state index contributed by atoms with van der Waals surface area (Å²) in [6, 6.07) is 5.33. The summed E-state index contributed by atoms with van der Waals surface area (Å²) < 4.78 is 0. The molecule has 0 bridgehead atoms. The first kappa shape index (κ1) is 19.5. The fourth-order valence-electron chi connectivity index (χ4n) is 3.92. The van der Waals surface area contributed by atoms with Crippen LogP contribution in [0.4, 0.5) is 5.00 Å². The Morgan fingerprint density at radius 3 is 2.45 bits per heavy atom. The number of fused-ring (bicyclic) bond motifs is 2. The lowest BCUT2D eigenvalue weighted by molar-refractivity contribution is 0.100. The van der Waals surface area contributed by atoms with E-state index in [1.165, 1.54) is 11.3 Å². The first-order chi connectivity index (χ1) is 14.0. The zero-order valence-corrected chi connectivity index (χ0v) is 17.5. The van der Waals surface area contributed by atoms with Crippen molar-refractivity contribution in [2.45, 2.75) is 52.4 Å². The van der Waals surface area contributed by atoms with E-state index in [4.69, 9.17) is 10.7 Å². The number of thiophene rings is 1. The molecule has 4 rings (SSSR count). The molecule has 2 amide bonds. The maximum absolute atomic E-state index is 12.9. The normalized spacial score (nSPS) is 13.3. The standard InChI is InChI=1S/C22H24N4O2S/c1-3-14-15(4-2)25-17-11-12(9-10-16(17)24-14)21(28)26-22-19(20(23)27)13-7-5-6-8-18(13)29-22/h9-11H,3-8H2,1-2H3,(H2,23,27)(H,26,28). The number of aryl methyl sites for hydroxylation is 3. The van der Waals surface area contributed by atoms with Crippen molar-refractivity contribution in [3.8, 4) is 0 Å². The number of hydrogen-bond acceptors (Lipinski definition) is 5. The number of anilines is 1. The van der Waals surface area contributed by atoms with Crippen LogP contribution in [0, 0.1) is 0 Å². The summed E-state index contributed by atoms with van der Waals surface area (Å²) in [5.74, 6) is -0.754. The average molecular weight is 409 g/mol. The number of nitrogens with zero attached hydrogens (tertiary/aromatic N) is 2. The highest BCUT2D eigenvalue weighted by atomic mass is 32.1. The van der Waals surface area contributed by atoms with Crippen molar-refractivity contribution < 1.29 is 9.59 Å². The third-order valence-electron chi connectivity index (χ3n) is 5.40. The second kappa shape index (κ2) is 7.91. The third-order valence-corrected chi connectivity index (χ3v) is 6.60. The Kier molecular flexibility index (Phi) is 5.32. The SMILES string of the molecule is CCc1nc2ccc(C(=O)Nc3sc4c(c3C(N)=O)CCCC4)cc2nc1CC. The van der Waals surface area contributed by atoms with Gasteiger partial charge in [-0.1, -0.05) is 13.8 Å². The summed E-state index contributed by atoms with van der Waals surface area (Å²) in [4.78, 5) is 35.5. The zero-order valence-electron chi connectivity index (χ0n) is 16.7. The molecule has 1 aliphatic carbocycles. The average Bonchev–Trinajstić information content (AvgIpc) is 3.10. The number of nitrogens with two attached hydrogens (primary N) is 1. The van der Waals surface area contributed by atoms with Gasteiger partial charge < -0.3 is 11.1 Å². The first-order valence-corrected chi connectivity index (χ1v) is 10.9. The minimum absolute atomic E-state index is 0.271. The molecule has 0 atom stereocenters. The van der Waals surface area contributed by atoms with E-state index in [1.807, 2.05) is 6.07 Å². The van der Waals surface area contributed by atoms with Crippen LogP contribution < -0.4 is 11.1 Å². The van der Waals surface area contributed by atoms with Crippen LogP contribution in [0.1, 0.15) is 69.2 Å². The molecule has 3 N–H and O–H groups in total. The van der Waals surface area contributed by atoms with E-state index < -0.39 is 5.91 Å². The third kappa shape index (κ3) is 3.62. The van der Waals surface area contributed by atoms with Gasteiger partial charge in [0, 0.05) is 10.4 Å². The topological polar surface area (TPSA) is 98.0 Å². The van der Waals surface area contributed by atoms with Gasteiger partial charge in [-0.05, 0) is 62.3 Å². The summed E-state index contributed by atoms with van der Waals surface area (Å²) in [5, 5.41) is 3.46. The number of benzene rings is 1. The van der Waals surface area contributed by atoms with Crippen LogP contribution >= 0.6 is 11.3 Å². The molecule has 0 saturated heterocycles. The molecule has 0 unspecified atom stereocenters.